The van der Waals surface area contributed by atoms with Crippen molar-refractivity contribution in [1.82, 2.24) is 0 Å². The molecule has 0 saturated carbocycles. The molecule has 0 N–H and O–H groups in total. The molecule has 2 heteroatoms. The van der Waals surface area contributed by atoms with Crippen LogP contribution in [0, 0.1) is 0 Å². The van der Waals surface area contributed by atoms with E-state index in [0.717, 1.165) is 24.0 Å². The topological polar surface area (TPSA) is 34.1 Å². The van der Waals surface area contributed by atoms with Crippen molar-refractivity contribution in [2.45, 2.75) is 39.5 Å². The van der Waals surface area contributed by atoms with Gasteiger partial charge in [0, 0.05) is 24.0 Å². The van der Waals surface area contributed by atoms with E-state index in [4.69, 9.17) is 0 Å². The molecular weight excluding hydrogens is 224 g/mol. The number of rotatable bonds is 2. The molecule has 0 spiro atoms. The second-order valence-corrected chi connectivity index (χ2v) is 5.07. The fraction of sp³-hybridized carbons (Fsp3) is 0.375. The Morgan fingerprint density at radius 3 is 1.56 bits per heavy atom. The summed E-state index contributed by atoms with van der Waals surface area (Å²) in [6.45, 7) is 4.32. The first-order chi connectivity index (χ1) is 8.65. The zero-order chi connectivity index (χ0) is 12.9. The van der Waals surface area contributed by atoms with Gasteiger partial charge >= 0.3 is 0 Å². The van der Waals surface area contributed by atoms with Crippen molar-refractivity contribution in [3.8, 4) is 0 Å². The zero-order valence-corrected chi connectivity index (χ0v) is 10.8. The van der Waals surface area contributed by atoms with Crippen LogP contribution < -0.4 is 10.9 Å². The van der Waals surface area contributed by atoms with Gasteiger partial charge in [-0.1, -0.05) is 26.0 Å². The molecule has 0 radical (unpaired) electrons. The lowest BCUT2D eigenvalue weighted by Crippen LogP contribution is -2.42. The molecule has 1 aliphatic rings. The first-order valence-electron chi connectivity index (χ1n) is 6.60. The molecule has 0 unspecified atom stereocenters. The molecule has 0 fully saturated rings. The van der Waals surface area contributed by atoms with Gasteiger partial charge in [0.15, 0.2) is 0 Å². The molecule has 2 aromatic rings. The summed E-state index contributed by atoms with van der Waals surface area (Å²) in [6, 6.07) is 4.46. The molecule has 0 bridgehead atoms. The number of fused-ring (bicyclic) bond motifs is 2. The Labute approximate surface area is 106 Å². The van der Waals surface area contributed by atoms with Gasteiger partial charge in [0.1, 0.15) is 0 Å². The Kier molecular flexibility index (Phi) is 2.47. The van der Waals surface area contributed by atoms with Crippen molar-refractivity contribution >= 4 is 0 Å². The second kappa shape index (κ2) is 3.91. The minimum atomic E-state index is -0.256. The summed E-state index contributed by atoms with van der Waals surface area (Å²) in [7, 11) is 0. The SMILES string of the molecule is CCc1cc2c(cc1CC)Cc1c(c(=O)c1=O)C2. The van der Waals surface area contributed by atoms with Crippen molar-refractivity contribution in [3.63, 3.8) is 0 Å². The third-order valence-electron chi connectivity index (χ3n) is 4.14. The predicted molar refractivity (Wildman–Crippen MR) is 72.2 cm³/mol. The highest BCUT2D eigenvalue weighted by Crippen LogP contribution is 2.27. The van der Waals surface area contributed by atoms with E-state index in [1.165, 1.54) is 22.3 Å². The van der Waals surface area contributed by atoms with Crippen LogP contribution in [0.25, 0.3) is 0 Å². The summed E-state index contributed by atoms with van der Waals surface area (Å²) in [4.78, 5) is 23.0. The van der Waals surface area contributed by atoms with Crippen molar-refractivity contribution in [2.24, 2.45) is 0 Å². The van der Waals surface area contributed by atoms with Crippen LogP contribution in [-0.4, -0.2) is 0 Å². The minimum Gasteiger partial charge on any atom is -0.285 e. The Bertz CT molecular complexity index is 640. The quantitative estimate of drug-likeness (QED) is 0.641. The van der Waals surface area contributed by atoms with Crippen molar-refractivity contribution in [3.05, 3.63) is 66.0 Å². The first-order valence-corrected chi connectivity index (χ1v) is 6.60. The lowest BCUT2D eigenvalue weighted by molar-refractivity contribution is 0.916. The lowest BCUT2D eigenvalue weighted by atomic mass is 9.80. The number of hydrogen-bond acceptors (Lipinski definition) is 2. The van der Waals surface area contributed by atoms with E-state index < -0.39 is 0 Å². The van der Waals surface area contributed by atoms with E-state index in [2.05, 4.69) is 26.0 Å². The summed E-state index contributed by atoms with van der Waals surface area (Å²) in [5.41, 5.74) is 6.24. The van der Waals surface area contributed by atoms with Crippen LogP contribution in [0.5, 0.6) is 0 Å². The smallest absolute Gasteiger partial charge is 0.229 e. The molecule has 2 nitrogen and oxygen atoms in total. The third-order valence-corrected chi connectivity index (χ3v) is 4.14. The molecule has 0 aliphatic heterocycles. The fourth-order valence-electron chi connectivity index (χ4n) is 3.02. The number of benzene rings is 1. The lowest BCUT2D eigenvalue weighted by Gasteiger charge is -2.22. The summed E-state index contributed by atoms with van der Waals surface area (Å²) >= 11 is 0. The summed E-state index contributed by atoms with van der Waals surface area (Å²) in [6.07, 6.45) is 3.36. The van der Waals surface area contributed by atoms with Gasteiger partial charge < -0.3 is 0 Å². The van der Waals surface area contributed by atoms with Gasteiger partial charge in [-0.2, -0.15) is 0 Å². The van der Waals surface area contributed by atoms with E-state index in [0.29, 0.717) is 12.8 Å². The third kappa shape index (κ3) is 1.41. The average Bonchev–Trinajstić information content (AvgIpc) is 2.43. The van der Waals surface area contributed by atoms with Crippen LogP contribution in [0.4, 0.5) is 0 Å². The zero-order valence-electron chi connectivity index (χ0n) is 10.8. The Morgan fingerprint density at radius 2 is 1.22 bits per heavy atom. The molecule has 92 valence electrons. The largest absolute Gasteiger partial charge is 0.285 e. The highest BCUT2D eigenvalue weighted by Gasteiger charge is 2.26. The van der Waals surface area contributed by atoms with Gasteiger partial charge in [-0.25, -0.2) is 0 Å². The molecule has 0 aromatic heterocycles. The van der Waals surface area contributed by atoms with E-state index in [1.807, 2.05) is 0 Å². The highest BCUT2D eigenvalue weighted by atomic mass is 16.2. The Balaban J connectivity index is 2.11. The standard InChI is InChI=1S/C16H16O2/c1-3-9-5-11-7-13-14(16(18)15(13)17)8-12(11)6-10(9)4-2/h5-6H,3-4,7-8H2,1-2H3. The molecule has 18 heavy (non-hydrogen) atoms. The van der Waals surface area contributed by atoms with Gasteiger partial charge in [0.25, 0.3) is 0 Å². The van der Waals surface area contributed by atoms with Gasteiger partial charge in [0.2, 0.25) is 10.9 Å². The predicted octanol–water partition coefficient (Wildman–Crippen LogP) is 1.90. The van der Waals surface area contributed by atoms with Crippen LogP contribution in [0.1, 0.15) is 47.2 Å². The van der Waals surface area contributed by atoms with Gasteiger partial charge in [0.05, 0.1) is 0 Å². The normalized spacial score (nSPS) is 13.4. The maximum atomic E-state index is 11.5. The van der Waals surface area contributed by atoms with E-state index >= 15 is 0 Å². The first kappa shape index (κ1) is 11.4. The summed E-state index contributed by atoms with van der Waals surface area (Å²) in [5, 5.41) is 0. The van der Waals surface area contributed by atoms with Gasteiger partial charge in [-0.3, -0.25) is 9.59 Å². The molecule has 3 rings (SSSR count). The average molecular weight is 240 g/mol. The van der Waals surface area contributed by atoms with Crippen LogP contribution in [0.15, 0.2) is 21.7 Å². The molecule has 0 amide bonds. The summed E-state index contributed by atoms with van der Waals surface area (Å²) < 4.78 is 0. The molecule has 2 aromatic carbocycles. The molecular formula is C16H16O2. The monoisotopic (exact) mass is 240 g/mol. The van der Waals surface area contributed by atoms with Crippen LogP contribution >= 0.6 is 0 Å². The van der Waals surface area contributed by atoms with Crippen molar-refractivity contribution in [2.75, 3.05) is 0 Å². The van der Waals surface area contributed by atoms with Gasteiger partial charge in [-0.15, -0.1) is 0 Å². The maximum absolute atomic E-state index is 11.5. The van der Waals surface area contributed by atoms with Crippen LogP contribution in [-0.2, 0) is 25.7 Å². The Morgan fingerprint density at radius 1 is 0.833 bits per heavy atom. The second-order valence-electron chi connectivity index (χ2n) is 5.07. The van der Waals surface area contributed by atoms with Crippen LogP contribution in [0.2, 0.25) is 0 Å². The van der Waals surface area contributed by atoms with Gasteiger partial charge in [-0.05, 0) is 35.1 Å². The van der Waals surface area contributed by atoms with E-state index in [1.54, 1.807) is 0 Å². The van der Waals surface area contributed by atoms with Crippen LogP contribution in [0.3, 0.4) is 0 Å². The summed E-state index contributed by atoms with van der Waals surface area (Å²) in [5.74, 6) is 0. The molecule has 0 atom stereocenters. The van der Waals surface area contributed by atoms with Crippen molar-refractivity contribution < 1.29 is 0 Å². The molecule has 0 saturated heterocycles. The molecule has 1 aliphatic carbocycles. The fourth-order valence-corrected chi connectivity index (χ4v) is 3.02. The van der Waals surface area contributed by atoms with E-state index in [9.17, 15) is 9.59 Å². The number of hydrogen-bond donors (Lipinski definition) is 0. The highest BCUT2D eigenvalue weighted by molar-refractivity contribution is 5.51. The maximum Gasteiger partial charge on any atom is 0.229 e. The van der Waals surface area contributed by atoms with E-state index in [-0.39, 0.29) is 10.9 Å². The Hall–Kier alpha value is -1.70. The minimum absolute atomic E-state index is 0.256. The number of aryl methyl sites for hydroxylation is 2. The molecule has 0 heterocycles. The van der Waals surface area contributed by atoms with Crippen molar-refractivity contribution in [1.29, 1.82) is 0 Å².